The molecule has 0 aliphatic carbocycles. The van der Waals surface area contributed by atoms with Gasteiger partial charge in [-0.05, 0) is 0 Å². The van der Waals surface area contributed by atoms with Gasteiger partial charge in [0.05, 0.1) is 24.9 Å². The van der Waals surface area contributed by atoms with Gasteiger partial charge in [-0.2, -0.15) is 0 Å². The molecule has 19 heavy (non-hydrogen) atoms. The number of halogens is 2. The van der Waals surface area contributed by atoms with E-state index in [9.17, 15) is 0 Å². The van der Waals surface area contributed by atoms with E-state index in [-0.39, 0.29) is 5.15 Å². The molecule has 1 heterocycles. The summed E-state index contributed by atoms with van der Waals surface area (Å²) in [5.74, 6) is 1.49. The van der Waals surface area contributed by atoms with E-state index in [1.54, 1.807) is 19.2 Å². The predicted molar refractivity (Wildman–Crippen MR) is 74.9 cm³/mol. The summed E-state index contributed by atoms with van der Waals surface area (Å²) >= 11 is 12.0. The summed E-state index contributed by atoms with van der Waals surface area (Å²) in [6.07, 6.45) is 3.04. The fourth-order valence-corrected chi connectivity index (χ4v) is 1.87. The van der Waals surface area contributed by atoms with Crippen molar-refractivity contribution in [2.24, 2.45) is 0 Å². The molecule has 1 aromatic heterocycles. The molecule has 0 spiro atoms. The maximum atomic E-state index is 6.03. The van der Waals surface area contributed by atoms with Gasteiger partial charge in [-0.3, -0.25) is 0 Å². The molecule has 0 fully saturated rings. The van der Waals surface area contributed by atoms with Crippen LogP contribution in [0, 0.1) is 0 Å². The molecular weight excluding hydrogens is 289 g/mol. The molecular formula is C12H11Cl2N3O2. The lowest BCUT2D eigenvalue weighted by atomic mass is 10.2. The van der Waals surface area contributed by atoms with Gasteiger partial charge in [0.1, 0.15) is 11.5 Å². The first-order chi connectivity index (χ1) is 9.15. The van der Waals surface area contributed by atoms with Crippen LogP contribution in [-0.2, 0) is 0 Å². The number of benzene rings is 1. The number of aromatic nitrogens is 2. The van der Waals surface area contributed by atoms with Crippen LogP contribution in [0.5, 0.6) is 11.5 Å². The monoisotopic (exact) mass is 299 g/mol. The second kappa shape index (κ2) is 5.95. The molecule has 1 N–H and O–H groups in total. The minimum Gasteiger partial charge on any atom is -0.495 e. The lowest BCUT2D eigenvalue weighted by Gasteiger charge is -2.13. The van der Waals surface area contributed by atoms with Gasteiger partial charge < -0.3 is 14.8 Å². The maximum Gasteiger partial charge on any atom is 0.171 e. The molecule has 0 radical (unpaired) electrons. The van der Waals surface area contributed by atoms with E-state index >= 15 is 0 Å². The van der Waals surface area contributed by atoms with Crippen molar-refractivity contribution in [3.05, 3.63) is 34.7 Å². The zero-order valence-electron chi connectivity index (χ0n) is 10.3. The van der Waals surface area contributed by atoms with E-state index in [0.717, 1.165) is 0 Å². The summed E-state index contributed by atoms with van der Waals surface area (Å²) in [6.45, 7) is 0. The summed E-state index contributed by atoms with van der Waals surface area (Å²) in [5.41, 5.74) is 0.631. The van der Waals surface area contributed by atoms with Crippen molar-refractivity contribution in [2.45, 2.75) is 0 Å². The highest BCUT2D eigenvalue weighted by molar-refractivity contribution is 6.32. The maximum absolute atomic E-state index is 6.03. The molecule has 0 atom stereocenters. The van der Waals surface area contributed by atoms with E-state index in [1.807, 2.05) is 0 Å². The predicted octanol–water partition coefficient (Wildman–Crippen LogP) is 3.54. The minimum absolute atomic E-state index is 0.262. The van der Waals surface area contributed by atoms with Gasteiger partial charge in [0.25, 0.3) is 0 Å². The Morgan fingerprint density at radius 2 is 1.68 bits per heavy atom. The van der Waals surface area contributed by atoms with Gasteiger partial charge in [0, 0.05) is 24.5 Å². The molecule has 100 valence electrons. The van der Waals surface area contributed by atoms with E-state index in [0.29, 0.717) is 28.0 Å². The van der Waals surface area contributed by atoms with Gasteiger partial charge in [-0.15, -0.1) is 0 Å². The average molecular weight is 300 g/mol. The molecule has 7 heteroatoms. The van der Waals surface area contributed by atoms with Gasteiger partial charge in [0.2, 0.25) is 0 Å². The van der Waals surface area contributed by atoms with Gasteiger partial charge in [-0.25, -0.2) is 9.97 Å². The van der Waals surface area contributed by atoms with Crippen molar-refractivity contribution in [3.63, 3.8) is 0 Å². The van der Waals surface area contributed by atoms with Crippen LogP contribution in [0.3, 0.4) is 0 Å². The van der Waals surface area contributed by atoms with Crippen molar-refractivity contribution in [3.8, 4) is 11.5 Å². The first-order valence-corrected chi connectivity index (χ1v) is 6.06. The summed E-state index contributed by atoms with van der Waals surface area (Å²) < 4.78 is 10.4. The molecule has 0 amide bonds. The Morgan fingerprint density at radius 3 is 2.32 bits per heavy atom. The Kier molecular flexibility index (Phi) is 4.29. The summed E-state index contributed by atoms with van der Waals surface area (Å²) in [7, 11) is 3.08. The van der Waals surface area contributed by atoms with Crippen LogP contribution in [0.2, 0.25) is 10.2 Å². The van der Waals surface area contributed by atoms with Crippen LogP contribution in [0.4, 0.5) is 11.5 Å². The number of methoxy groups -OCH3 is 2. The zero-order chi connectivity index (χ0) is 13.8. The Bertz CT molecular complexity index is 593. The smallest absolute Gasteiger partial charge is 0.171 e. The molecule has 0 saturated carbocycles. The second-order valence-electron chi connectivity index (χ2n) is 3.51. The Balaban J connectivity index is 2.41. The minimum atomic E-state index is 0.262. The summed E-state index contributed by atoms with van der Waals surface area (Å²) in [4.78, 5) is 8.03. The lowest BCUT2D eigenvalue weighted by Crippen LogP contribution is -1.99. The lowest BCUT2D eigenvalue weighted by molar-refractivity contribution is 0.405. The topological polar surface area (TPSA) is 56.3 Å². The van der Waals surface area contributed by atoms with Crippen molar-refractivity contribution in [1.29, 1.82) is 0 Å². The fourth-order valence-electron chi connectivity index (χ4n) is 1.49. The van der Waals surface area contributed by atoms with Crippen molar-refractivity contribution >= 4 is 34.7 Å². The van der Waals surface area contributed by atoms with Crippen LogP contribution < -0.4 is 14.8 Å². The molecule has 2 aromatic rings. The van der Waals surface area contributed by atoms with Crippen molar-refractivity contribution in [2.75, 3.05) is 19.5 Å². The quantitative estimate of drug-likeness (QED) is 0.936. The molecule has 0 unspecified atom stereocenters. The molecule has 0 saturated heterocycles. The van der Waals surface area contributed by atoms with Crippen LogP contribution in [0.25, 0.3) is 0 Å². The number of nitrogens with zero attached hydrogens (tertiary/aromatic N) is 2. The molecule has 5 nitrogen and oxygen atoms in total. The number of ether oxygens (including phenoxy) is 2. The third kappa shape index (κ3) is 3.00. The molecule has 2 rings (SSSR count). The number of hydrogen-bond donors (Lipinski definition) is 1. The number of nitrogens with one attached hydrogen (secondary N) is 1. The highest BCUT2D eigenvalue weighted by Gasteiger charge is 2.12. The highest BCUT2D eigenvalue weighted by Crippen LogP contribution is 2.37. The number of rotatable bonds is 4. The van der Waals surface area contributed by atoms with Crippen LogP contribution >= 0.6 is 23.2 Å². The van der Waals surface area contributed by atoms with Gasteiger partial charge in [0.15, 0.2) is 11.0 Å². The van der Waals surface area contributed by atoms with Gasteiger partial charge in [-0.1, -0.05) is 23.2 Å². The van der Waals surface area contributed by atoms with Crippen molar-refractivity contribution < 1.29 is 9.47 Å². The molecule has 0 aliphatic heterocycles. The Labute approximate surface area is 120 Å². The molecule has 0 bridgehead atoms. The van der Waals surface area contributed by atoms with E-state index in [1.165, 1.54) is 19.5 Å². The van der Waals surface area contributed by atoms with Crippen LogP contribution in [0.1, 0.15) is 0 Å². The second-order valence-corrected chi connectivity index (χ2v) is 4.27. The largest absolute Gasteiger partial charge is 0.495 e. The normalized spacial score (nSPS) is 10.1. The zero-order valence-corrected chi connectivity index (χ0v) is 11.8. The highest BCUT2D eigenvalue weighted by atomic mass is 35.5. The van der Waals surface area contributed by atoms with Gasteiger partial charge >= 0.3 is 0 Å². The van der Waals surface area contributed by atoms with Crippen LogP contribution in [0.15, 0.2) is 24.5 Å². The third-order valence-electron chi connectivity index (χ3n) is 2.38. The molecule has 0 aliphatic rings. The average Bonchev–Trinajstić information content (AvgIpc) is 2.42. The van der Waals surface area contributed by atoms with E-state index < -0.39 is 0 Å². The van der Waals surface area contributed by atoms with E-state index in [2.05, 4.69) is 15.3 Å². The van der Waals surface area contributed by atoms with E-state index in [4.69, 9.17) is 32.7 Å². The summed E-state index contributed by atoms with van der Waals surface area (Å²) in [6, 6.07) is 3.35. The number of anilines is 2. The Hall–Kier alpha value is -1.72. The fraction of sp³-hybridized carbons (Fsp3) is 0.167. The third-order valence-corrected chi connectivity index (χ3v) is 2.95. The van der Waals surface area contributed by atoms with Crippen LogP contribution in [-0.4, -0.2) is 24.2 Å². The SMILES string of the molecule is COc1cc(Nc2nccnc2Cl)c(OC)cc1Cl. The number of hydrogen-bond acceptors (Lipinski definition) is 5. The Morgan fingerprint density at radius 1 is 1.00 bits per heavy atom. The summed E-state index contributed by atoms with van der Waals surface area (Å²) in [5, 5.41) is 3.74. The van der Waals surface area contributed by atoms with Crippen molar-refractivity contribution in [1.82, 2.24) is 9.97 Å². The molecule has 1 aromatic carbocycles. The first kappa shape index (κ1) is 13.7. The standard InChI is InChI=1S/C12H11Cl2N3O2/c1-18-9-6-8(10(19-2)5-7(9)13)17-12-11(14)15-3-4-16-12/h3-6H,1-2H3,(H,16,17). The first-order valence-electron chi connectivity index (χ1n) is 5.30.